The van der Waals surface area contributed by atoms with Crippen LogP contribution in [0.25, 0.3) is 10.2 Å². The molecule has 9 heteroatoms. The summed E-state index contributed by atoms with van der Waals surface area (Å²) in [6, 6.07) is 9.90. The average Bonchev–Trinajstić information content (AvgIpc) is 3.23. The van der Waals surface area contributed by atoms with Crippen LogP contribution in [0.15, 0.2) is 30.3 Å². The van der Waals surface area contributed by atoms with Gasteiger partial charge in [-0.3, -0.25) is 4.79 Å². The molecule has 0 spiro atoms. The van der Waals surface area contributed by atoms with Crippen LogP contribution in [0.4, 0.5) is 11.8 Å². The number of ether oxygens (including phenoxy) is 1. The molecule has 0 saturated carbocycles. The van der Waals surface area contributed by atoms with Gasteiger partial charge in [-0.2, -0.15) is 4.98 Å². The van der Waals surface area contributed by atoms with Gasteiger partial charge in [0.1, 0.15) is 5.82 Å². The predicted molar refractivity (Wildman–Crippen MR) is 118 cm³/mol. The highest BCUT2D eigenvalue weighted by Gasteiger charge is 2.26. The molecule has 0 radical (unpaired) electrons. The summed E-state index contributed by atoms with van der Waals surface area (Å²) in [6.07, 6.45) is 0. The molecule has 0 unspecified atom stereocenters. The Labute approximate surface area is 179 Å². The quantitative estimate of drug-likeness (QED) is 0.638. The van der Waals surface area contributed by atoms with Gasteiger partial charge < -0.3 is 19.4 Å². The van der Waals surface area contributed by atoms with Gasteiger partial charge in [0, 0.05) is 51.0 Å². The van der Waals surface area contributed by atoms with Gasteiger partial charge in [0.25, 0.3) is 5.91 Å². The Morgan fingerprint density at radius 1 is 0.967 bits per heavy atom. The first-order valence-corrected chi connectivity index (χ1v) is 11.1. The third-order valence-corrected chi connectivity index (χ3v) is 6.51. The Balaban J connectivity index is 1.27. The van der Waals surface area contributed by atoms with E-state index in [0.29, 0.717) is 31.3 Å². The van der Waals surface area contributed by atoms with E-state index in [2.05, 4.69) is 19.8 Å². The lowest BCUT2D eigenvalue weighted by Crippen LogP contribution is -2.49. The lowest BCUT2D eigenvalue weighted by molar-refractivity contribution is 0.0746. The summed E-state index contributed by atoms with van der Waals surface area (Å²) in [5.41, 5.74) is 1.84. The van der Waals surface area contributed by atoms with Crippen molar-refractivity contribution in [3.63, 3.8) is 0 Å². The monoisotopic (exact) mass is 424 g/mol. The zero-order chi connectivity index (χ0) is 20.5. The number of hydrogen-bond acceptors (Lipinski definition) is 8. The van der Waals surface area contributed by atoms with Crippen LogP contribution in [0.2, 0.25) is 0 Å². The molecule has 1 amide bonds. The number of fused-ring (bicyclic) bond motifs is 1. The first-order valence-electron chi connectivity index (χ1n) is 10.3. The van der Waals surface area contributed by atoms with Crippen molar-refractivity contribution in [3.8, 4) is 0 Å². The smallest absolute Gasteiger partial charge is 0.282 e. The van der Waals surface area contributed by atoms with E-state index < -0.39 is 0 Å². The second-order valence-electron chi connectivity index (χ2n) is 7.53. The number of para-hydroxylation sites is 1. The molecular formula is C21H24N6O2S. The number of piperazine rings is 1. The summed E-state index contributed by atoms with van der Waals surface area (Å²) >= 11 is 1.46. The number of aryl methyl sites for hydroxylation is 1. The number of rotatable bonds is 3. The molecule has 4 heterocycles. The van der Waals surface area contributed by atoms with Crippen molar-refractivity contribution in [1.82, 2.24) is 19.9 Å². The van der Waals surface area contributed by atoms with Gasteiger partial charge in [-0.25, -0.2) is 9.97 Å². The fraction of sp³-hybridized carbons (Fsp3) is 0.429. The lowest BCUT2D eigenvalue weighted by Gasteiger charge is -2.35. The zero-order valence-electron chi connectivity index (χ0n) is 17.0. The Hall–Kier alpha value is -2.78. The number of morpholine rings is 1. The second-order valence-corrected chi connectivity index (χ2v) is 8.56. The molecule has 3 aromatic rings. The van der Waals surface area contributed by atoms with Crippen molar-refractivity contribution in [1.29, 1.82) is 0 Å². The minimum absolute atomic E-state index is 0.0173. The highest BCUT2D eigenvalue weighted by molar-refractivity contribution is 7.20. The molecule has 0 bridgehead atoms. The van der Waals surface area contributed by atoms with E-state index in [4.69, 9.17) is 9.72 Å². The molecular weight excluding hydrogens is 400 g/mol. The van der Waals surface area contributed by atoms with E-state index in [-0.39, 0.29) is 5.91 Å². The topological polar surface area (TPSA) is 74.7 Å². The summed E-state index contributed by atoms with van der Waals surface area (Å²) < 4.78 is 6.49. The van der Waals surface area contributed by atoms with E-state index in [1.807, 2.05) is 42.2 Å². The van der Waals surface area contributed by atoms with Gasteiger partial charge in [0.05, 0.1) is 23.4 Å². The normalized spacial score (nSPS) is 17.6. The Kier molecular flexibility index (Phi) is 5.22. The highest BCUT2D eigenvalue weighted by Crippen LogP contribution is 2.24. The van der Waals surface area contributed by atoms with E-state index >= 15 is 0 Å². The molecule has 2 aromatic heterocycles. The van der Waals surface area contributed by atoms with Crippen LogP contribution in [-0.2, 0) is 4.74 Å². The molecule has 2 fully saturated rings. The van der Waals surface area contributed by atoms with Crippen LogP contribution in [0.5, 0.6) is 0 Å². The van der Waals surface area contributed by atoms with Gasteiger partial charge in [-0.15, -0.1) is 11.3 Å². The van der Waals surface area contributed by atoms with E-state index in [9.17, 15) is 4.79 Å². The van der Waals surface area contributed by atoms with Crippen molar-refractivity contribution in [3.05, 3.63) is 41.0 Å². The average molecular weight is 425 g/mol. The second kappa shape index (κ2) is 8.16. The maximum atomic E-state index is 12.9. The molecule has 1 aromatic carbocycles. The van der Waals surface area contributed by atoms with Crippen LogP contribution >= 0.6 is 11.3 Å². The molecule has 0 atom stereocenters. The molecule has 2 aliphatic heterocycles. The molecule has 0 N–H and O–H groups in total. The van der Waals surface area contributed by atoms with Gasteiger partial charge in [-0.05, 0) is 19.1 Å². The summed E-state index contributed by atoms with van der Waals surface area (Å²) in [6.45, 7) is 7.85. The Bertz CT molecular complexity index is 1020. The minimum Gasteiger partial charge on any atom is -0.378 e. The molecule has 2 saturated heterocycles. The number of hydrogen-bond donors (Lipinski definition) is 0. The van der Waals surface area contributed by atoms with Crippen LogP contribution < -0.4 is 9.80 Å². The fourth-order valence-corrected chi connectivity index (χ4v) is 4.77. The summed E-state index contributed by atoms with van der Waals surface area (Å²) in [7, 11) is 0. The number of carbonyl (C=O) groups excluding carboxylic acids is 1. The Morgan fingerprint density at radius 2 is 1.73 bits per heavy atom. The molecule has 30 heavy (non-hydrogen) atoms. The number of benzene rings is 1. The zero-order valence-corrected chi connectivity index (χ0v) is 17.8. The number of anilines is 2. The number of amides is 1. The largest absolute Gasteiger partial charge is 0.378 e. The Morgan fingerprint density at radius 3 is 2.50 bits per heavy atom. The van der Waals surface area contributed by atoms with Gasteiger partial charge in [0.15, 0.2) is 5.01 Å². The van der Waals surface area contributed by atoms with E-state index in [1.54, 1.807) is 0 Å². The standard InChI is InChI=1S/C21H24N6O2S/c1-15-14-18(24-21(22-15)27-10-12-29-13-11-27)25-6-8-26(9-7-25)20(28)19-23-16-4-2-3-5-17(16)30-19/h2-5,14H,6-13H2,1H3. The molecule has 2 aliphatic rings. The van der Waals surface area contributed by atoms with Crippen molar-refractivity contribution >= 4 is 39.2 Å². The van der Waals surface area contributed by atoms with Crippen molar-refractivity contribution in [2.75, 3.05) is 62.3 Å². The highest BCUT2D eigenvalue weighted by atomic mass is 32.1. The predicted octanol–water partition coefficient (Wildman–Crippen LogP) is 2.19. The molecule has 156 valence electrons. The maximum Gasteiger partial charge on any atom is 0.282 e. The first-order chi connectivity index (χ1) is 14.7. The van der Waals surface area contributed by atoms with Gasteiger partial charge in [-0.1, -0.05) is 12.1 Å². The first kappa shape index (κ1) is 19.2. The minimum atomic E-state index is 0.0173. The van der Waals surface area contributed by atoms with E-state index in [0.717, 1.165) is 53.9 Å². The molecule has 5 rings (SSSR count). The fourth-order valence-electron chi connectivity index (χ4n) is 3.84. The number of aromatic nitrogens is 3. The molecule has 8 nitrogen and oxygen atoms in total. The van der Waals surface area contributed by atoms with Crippen LogP contribution in [0.3, 0.4) is 0 Å². The van der Waals surface area contributed by atoms with Gasteiger partial charge >= 0.3 is 0 Å². The number of carbonyl (C=O) groups is 1. The summed E-state index contributed by atoms with van der Waals surface area (Å²) in [5, 5.41) is 0.567. The van der Waals surface area contributed by atoms with Crippen LogP contribution in [-0.4, -0.2) is 78.2 Å². The SMILES string of the molecule is Cc1cc(N2CCN(C(=O)c3nc4ccccc4s3)CC2)nc(N2CCOCC2)n1. The van der Waals surface area contributed by atoms with Crippen LogP contribution in [0.1, 0.15) is 15.5 Å². The van der Waals surface area contributed by atoms with Crippen molar-refractivity contribution in [2.45, 2.75) is 6.92 Å². The van der Waals surface area contributed by atoms with E-state index in [1.165, 1.54) is 11.3 Å². The number of thiazole rings is 1. The third-order valence-electron chi connectivity index (χ3n) is 5.49. The maximum absolute atomic E-state index is 12.9. The lowest BCUT2D eigenvalue weighted by atomic mass is 10.3. The summed E-state index contributed by atoms with van der Waals surface area (Å²) in [5.74, 6) is 1.71. The summed E-state index contributed by atoms with van der Waals surface area (Å²) in [4.78, 5) is 33.2. The van der Waals surface area contributed by atoms with Crippen LogP contribution in [0, 0.1) is 6.92 Å². The van der Waals surface area contributed by atoms with Crippen molar-refractivity contribution in [2.24, 2.45) is 0 Å². The number of nitrogens with zero attached hydrogens (tertiary/aromatic N) is 6. The van der Waals surface area contributed by atoms with Crippen molar-refractivity contribution < 1.29 is 9.53 Å². The molecule has 0 aliphatic carbocycles. The third kappa shape index (κ3) is 3.82. The van der Waals surface area contributed by atoms with Gasteiger partial charge in [0.2, 0.25) is 5.95 Å².